The second-order valence-electron chi connectivity index (χ2n) is 6.99. The number of carbonyl (C=O) groups is 1. The van der Waals surface area contributed by atoms with Gasteiger partial charge in [-0.3, -0.25) is 4.79 Å². The molecule has 0 bridgehead atoms. The largest absolute Gasteiger partial charge is 0.497 e. The molecule has 0 saturated carbocycles. The highest BCUT2D eigenvalue weighted by Crippen LogP contribution is 2.49. The van der Waals surface area contributed by atoms with Gasteiger partial charge in [0.25, 0.3) is 0 Å². The molecule has 2 aromatic rings. The number of rotatable bonds is 7. The van der Waals surface area contributed by atoms with E-state index >= 15 is 0 Å². The van der Waals surface area contributed by atoms with Crippen LogP contribution in [0.1, 0.15) is 36.5 Å². The maximum atomic E-state index is 10.9. The Labute approximate surface area is 152 Å². The smallest absolute Gasteiger partial charge is 0.303 e. The van der Waals surface area contributed by atoms with Crippen molar-refractivity contribution in [1.82, 2.24) is 0 Å². The Hall–Kier alpha value is -2.37. The average Bonchev–Trinajstić information content (AvgIpc) is 2.93. The Balaban J connectivity index is 1.85. The molecule has 3 N–H and O–H groups in total. The number of methoxy groups -OCH3 is 1. The van der Waals surface area contributed by atoms with E-state index in [1.165, 1.54) is 0 Å². The van der Waals surface area contributed by atoms with Crippen LogP contribution in [-0.4, -0.2) is 35.0 Å². The van der Waals surface area contributed by atoms with Crippen LogP contribution in [0.5, 0.6) is 5.75 Å². The molecular formula is C21H24O5. The number of hydrogen-bond acceptors (Lipinski definition) is 4. The zero-order chi connectivity index (χ0) is 18.7. The lowest BCUT2D eigenvalue weighted by Crippen LogP contribution is -2.30. The Morgan fingerprint density at radius 3 is 2.50 bits per heavy atom. The van der Waals surface area contributed by atoms with E-state index in [0.29, 0.717) is 19.3 Å². The normalized spacial score (nSPS) is 21.4. The zero-order valence-corrected chi connectivity index (χ0v) is 14.8. The summed E-state index contributed by atoms with van der Waals surface area (Å²) in [5.74, 6) is -0.0717. The van der Waals surface area contributed by atoms with Gasteiger partial charge in [0.1, 0.15) is 5.75 Å². The fourth-order valence-corrected chi connectivity index (χ4v) is 3.82. The van der Waals surface area contributed by atoms with Gasteiger partial charge in [0.15, 0.2) is 0 Å². The minimum absolute atomic E-state index is 0.0436. The van der Waals surface area contributed by atoms with Gasteiger partial charge in [0.2, 0.25) is 0 Å². The molecule has 2 aromatic carbocycles. The number of carboxylic acid groups (broad SMARTS) is 1. The van der Waals surface area contributed by atoms with Crippen molar-refractivity contribution >= 4 is 5.97 Å². The van der Waals surface area contributed by atoms with E-state index < -0.39 is 17.5 Å². The highest BCUT2D eigenvalue weighted by atomic mass is 16.5. The summed E-state index contributed by atoms with van der Waals surface area (Å²) < 4.78 is 5.18. The summed E-state index contributed by atoms with van der Waals surface area (Å²) in [6, 6.07) is 13.7. The highest BCUT2D eigenvalue weighted by Gasteiger charge is 2.44. The number of aliphatic carboxylic acids is 1. The first-order valence-corrected chi connectivity index (χ1v) is 8.77. The topological polar surface area (TPSA) is 87.0 Å². The van der Waals surface area contributed by atoms with E-state index in [0.717, 1.165) is 28.0 Å². The van der Waals surface area contributed by atoms with Crippen molar-refractivity contribution in [3.63, 3.8) is 0 Å². The number of aliphatic hydroxyl groups is 2. The van der Waals surface area contributed by atoms with Crippen molar-refractivity contribution in [3.05, 3.63) is 53.6 Å². The fraction of sp³-hybridized carbons (Fsp3) is 0.381. The van der Waals surface area contributed by atoms with Crippen LogP contribution in [0.25, 0.3) is 11.1 Å². The van der Waals surface area contributed by atoms with Gasteiger partial charge >= 0.3 is 5.97 Å². The highest BCUT2D eigenvalue weighted by molar-refractivity contribution is 5.67. The summed E-state index contributed by atoms with van der Waals surface area (Å²) in [4.78, 5) is 10.8. The SMILES string of the molecule is COc1ccc(-c2ccc3c(c2)[C@H](O)C(CO)(CCCC(=O)O)C3)cc1. The van der Waals surface area contributed by atoms with Crippen molar-refractivity contribution in [2.24, 2.45) is 5.41 Å². The number of carboxylic acids is 1. The van der Waals surface area contributed by atoms with Crippen LogP contribution in [0, 0.1) is 5.41 Å². The molecule has 3 rings (SSSR count). The number of fused-ring (bicyclic) bond motifs is 1. The number of ether oxygens (including phenoxy) is 1. The van der Waals surface area contributed by atoms with Crippen molar-refractivity contribution in [3.8, 4) is 16.9 Å². The van der Waals surface area contributed by atoms with E-state index in [1.807, 2.05) is 42.5 Å². The van der Waals surface area contributed by atoms with Gasteiger partial charge in [-0.15, -0.1) is 0 Å². The third-order valence-electron chi connectivity index (χ3n) is 5.37. The van der Waals surface area contributed by atoms with Crippen LogP contribution < -0.4 is 4.74 Å². The first-order valence-electron chi connectivity index (χ1n) is 8.77. The summed E-state index contributed by atoms with van der Waals surface area (Å²) in [5, 5.41) is 29.7. The summed E-state index contributed by atoms with van der Waals surface area (Å²) in [6.07, 6.45) is 0.717. The van der Waals surface area contributed by atoms with Gasteiger partial charge < -0.3 is 20.1 Å². The van der Waals surface area contributed by atoms with Crippen molar-refractivity contribution in [2.75, 3.05) is 13.7 Å². The first kappa shape index (κ1) is 18.4. The van der Waals surface area contributed by atoms with E-state index in [1.54, 1.807) is 7.11 Å². The molecule has 0 aromatic heterocycles. The molecule has 0 heterocycles. The molecule has 0 aliphatic heterocycles. The third kappa shape index (κ3) is 3.45. The van der Waals surface area contributed by atoms with Gasteiger partial charge in [-0.1, -0.05) is 24.3 Å². The molecule has 0 spiro atoms. The molecule has 2 atom stereocenters. The standard InChI is InChI=1S/C21H24O5/c1-26-17-8-6-14(7-9-17)15-4-5-16-12-21(13-22,10-2-3-19(23)24)20(25)18(16)11-15/h4-9,11,20,22,25H,2-3,10,12-13H2,1H3,(H,23,24)/t20-,21?/m0/s1. The predicted molar refractivity (Wildman–Crippen MR) is 98.1 cm³/mol. The van der Waals surface area contributed by atoms with E-state index in [9.17, 15) is 15.0 Å². The average molecular weight is 356 g/mol. The van der Waals surface area contributed by atoms with Gasteiger partial charge in [-0.05, 0) is 59.7 Å². The maximum absolute atomic E-state index is 10.9. The minimum Gasteiger partial charge on any atom is -0.497 e. The summed E-state index contributed by atoms with van der Waals surface area (Å²) in [5.41, 5.74) is 3.15. The van der Waals surface area contributed by atoms with Gasteiger partial charge in [0.05, 0.1) is 19.8 Å². The lowest BCUT2D eigenvalue weighted by atomic mass is 9.78. The minimum atomic E-state index is -0.857. The molecule has 1 unspecified atom stereocenters. The second-order valence-corrected chi connectivity index (χ2v) is 6.99. The van der Waals surface area contributed by atoms with Crippen LogP contribution in [0.2, 0.25) is 0 Å². The number of aliphatic hydroxyl groups excluding tert-OH is 2. The maximum Gasteiger partial charge on any atom is 0.303 e. The summed E-state index contributed by atoms with van der Waals surface area (Å²) in [6.45, 7) is -0.166. The molecule has 5 nitrogen and oxygen atoms in total. The Morgan fingerprint density at radius 1 is 1.19 bits per heavy atom. The third-order valence-corrected chi connectivity index (χ3v) is 5.37. The van der Waals surface area contributed by atoms with Crippen LogP contribution >= 0.6 is 0 Å². The molecule has 26 heavy (non-hydrogen) atoms. The second kappa shape index (κ2) is 7.48. The molecular weight excluding hydrogens is 332 g/mol. The molecule has 0 radical (unpaired) electrons. The van der Waals surface area contributed by atoms with Crippen LogP contribution in [0.3, 0.4) is 0 Å². The zero-order valence-electron chi connectivity index (χ0n) is 14.8. The summed E-state index contributed by atoms with van der Waals surface area (Å²) >= 11 is 0. The van der Waals surface area contributed by atoms with Gasteiger partial charge in [0, 0.05) is 11.8 Å². The van der Waals surface area contributed by atoms with E-state index in [2.05, 4.69) is 0 Å². The first-order chi connectivity index (χ1) is 12.5. The van der Waals surface area contributed by atoms with Gasteiger partial charge in [-0.25, -0.2) is 0 Å². The Kier molecular flexibility index (Phi) is 5.30. The quantitative estimate of drug-likeness (QED) is 0.709. The molecule has 0 fully saturated rings. The molecule has 5 heteroatoms. The van der Waals surface area contributed by atoms with Crippen molar-refractivity contribution in [1.29, 1.82) is 0 Å². The predicted octanol–water partition coefficient (Wildman–Crippen LogP) is 3.19. The van der Waals surface area contributed by atoms with E-state index in [4.69, 9.17) is 9.84 Å². The van der Waals surface area contributed by atoms with Crippen molar-refractivity contribution in [2.45, 2.75) is 31.8 Å². The van der Waals surface area contributed by atoms with Crippen LogP contribution in [0.4, 0.5) is 0 Å². The van der Waals surface area contributed by atoms with E-state index in [-0.39, 0.29) is 13.0 Å². The molecule has 0 amide bonds. The lowest BCUT2D eigenvalue weighted by Gasteiger charge is -2.30. The lowest BCUT2D eigenvalue weighted by molar-refractivity contribution is -0.137. The van der Waals surface area contributed by atoms with Crippen molar-refractivity contribution < 1.29 is 24.9 Å². The Morgan fingerprint density at radius 2 is 1.88 bits per heavy atom. The number of hydrogen-bond donors (Lipinski definition) is 3. The van der Waals surface area contributed by atoms with Crippen LogP contribution in [-0.2, 0) is 11.2 Å². The molecule has 1 aliphatic rings. The van der Waals surface area contributed by atoms with Gasteiger partial charge in [-0.2, -0.15) is 0 Å². The molecule has 0 saturated heterocycles. The van der Waals surface area contributed by atoms with Crippen LogP contribution in [0.15, 0.2) is 42.5 Å². The fourth-order valence-electron chi connectivity index (χ4n) is 3.82. The summed E-state index contributed by atoms with van der Waals surface area (Å²) in [7, 11) is 1.62. The number of benzene rings is 2. The molecule has 138 valence electrons. The monoisotopic (exact) mass is 356 g/mol. The Bertz CT molecular complexity index is 783. The molecule has 1 aliphatic carbocycles.